The first-order valence-corrected chi connectivity index (χ1v) is 6.47. The number of ether oxygens (including phenoxy) is 2. The molecule has 0 amide bonds. The number of hydrogen-bond donors (Lipinski definition) is 0. The Morgan fingerprint density at radius 2 is 2.21 bits per heavy atom. The summed E-state index contributed by atoms with van der Waals surface area (Å²) in [6.07, 6.45) is 3.78. The highest BCUT2D eigenvalue weighted by atomic mass is 16.6. The Kier molecular flexibility index (Phi) is 4.04. The first kappa shape index (κ1) is 13.8. The predicted molar refractivity (Wildman–Crippen MR) is 69.3 cm³/mol. The van der Waals surface area contributed by atoms with Gasteiger partial charge in [-0.3, -0.25) is 4.79 Å². The van der Waals surface area contributed by atoms with Gasteiger partial charge in [0.2, 0.25) is 0 Å². The number of aromatic nitrogens is 1. The van der Waals surface area contributed by atoms with E-state index in [0.29, 0.717) is 11.3 Å². The van der Waals surface area contributed by atoms with Crippen LogP contribution in [0.25, 0.3) is 0 Å². The van der Waals surface area contributed by atoms with Crippen molar-refractivity contribution in [3.8, 4) is 0 Å². The van der Waals surface area contributed by atoms with Crippen LogP contribution in [0, 0.1) is 0 Å². The van der Waals surface area contributed by atoms with Crippen LogP contribution < -0.4 is 0 Å². The minimum absolute atomic E-state index is 0.00787. The molecular weight excluding hydrogens is 246 g/mol. The lowest BCUT2D eigenvalue weighted by Crippen LogP contribution is -2.20. The Bertz CT molecular complexity index is 492. The zero-order valence-corrected chi connectivity index (χ0v) is 11.5. The molecule has 0 N–H and O–H groups in total. The van der Waals surface area contributed by atoms with Gasteiger partial charge in [0.05, 0.1) is 12.2 Å². The molecule has 0 radical (unpaired) electrons. The van der Waals surface area contributed by atoms with Gasteiger partial charge in [-0.15, -0.1) is 0 Å². The Morgan fingerprint density at radius 1 is 1.47 bits per heavy atom. The number of hydrogen-bond acceptors (Lipinski definition) is 4. The average Bonchev–Trinajstić information content (AvgIpc) is 2.92. The largest absolute Gasteiger partial charge is 0.458 e. The van der Waals surface area contributed by atoms with Gasteiger partial charge in [0.25, 0.3) is 0 Å². The normalized spacial score (nSPS) is 22.5. The molecule has 19 heavy (non-hydrogen) atoms. The average molecular weight is 265 g/mol. The van der Waals surface area contributed by atoms with Crippen LogP contribution in [0.3, 0.4) is 0 Å². The third kappa shape index (κ3) is 3.23. The van der Waals surface area contributed by atoms with E-state index >= 15 is 0 Å². The number of carbonyl (C=O) groups excluding carboxylic acids is 2. The van der Waals surface area contributed by atoms with Crippen molar-refractivity contribution in [2.24, 2.45) is 7.05 Å². The maximum Gasteiger partial charge on any atom is 0.355 e. The first-order valence-electron chi connectivity index (χ1n) is 6.47. The standard InChI is InChI=1S/C14H19NO4/c1-9-4-5-12(19-9)8-18-14(17)13-6-11(10(2)16)7-15(13)3/h6-7,9,12H,4-5,8H2,1-3H3. The molecule has 2 rings (SSSR count). The molecule has 0 aromatic carbocycles. The van der Waals surface area contributed by atoms with Crippen LogP contribution in [-0.2, 0) is 16.5 Å². The van der Waals surface area contributed by atoms with Crippen molar-refractivity contribution >= 4 is 11.8 Å². The van der Waals surface area contributed by atoms with E-state index < -0.39 is 5.97 Å². The fraction of sp³-hybridized carbons (Fsp3) is 0.571. The Morgan fingerprint density at radius 3 is 2.74 bits per heavy atom. The quantitative estimate of drug-likeness (QED) is 0.616. The summed E-state index contributed by atoms with van der Waals surface area (Å²) in [5.74, 6) is -0.485. The van der Waals surface area contributed by atoms with Gasteiger partial charge in [-0.05, 0) is 32.8 Å². The van der Waals surface area contributed by atoms with Gasteiger partial charge in [-0.25, -0.2) is 4.79 Å². The first-order chi connectivity index (χ1) is 8.97. The minimum Gasteiger partial charge on any atom is -0.458 e. The van der Waals surface area contributed by atoms with Crippen LogP contribution >= 0.6 is 0 Å². The molecule has 0 bridgehead atoms. The molecule has 2 unspecified atom stereocenters. The van der Waals surface area contributed by atoms with E-state index in [0.717, 1.165) is 12.8 Å². The Hall–Kier alpha value is -1.62. The SMILES string of the molecule is CC(=O)c1cc(C(=O)OCC2CCC(C)O2)n(C)c1. The second kappa shape index (κ2) is 5.57. The monoisotopic (exact) mass is 265 g/mol. The number of ketones is 1. The molecule has 1 aliphatic heterocycles. The third-order valence-corrected chi connectivity index (χ3v) is 3.34. The van der Waals surface area contributed by atoms with Gasteiger partial charge in [0.1, 0.15) is 12.3 Å². The van der Waals surface area contributed by atoms with Crippen molar-refractivity contribution < 1.29 is 19.1 Å². The molecule has 0 spiro atoms. The van der Waals surface area contributed by atoms with Gasteiger partial charge < -0.3 is 14.0 Å². The minimum atomic E-state index is -0.418. The lowest BCUT2D eigenvalue weighted by atomic mass is 10.2. The summed E-state index contributed by atoms with van der Waals surface area (Å²) < 4.78 is 12.4. The molecule has 1 fully saturated rings. The van der Waals surface area contributed by atoms with Crippen molar-refractivity contribution in [2.45, 2.75) is 38.9 Å². The highest BCUT2D eigenvalue weighted by Crippen LogP contribution is 2.19. The van der Waals surface area contributed by atoms with Crippen LogP contribution in [0.4, 0.5) is 0 Å². The van der Waals surface area contributed by atoms with Gasteiger partial charge in [0, 0.05) is 18.8 Å². The fourth-order valence-corrected chi connectivity index (χ4v) is 2.21. The van der Waals surface area contributed by atoms with Gasteiger partial charge in [0.15, 0.2) is 5.78 Å². The highest BCUT2D eigenvalue weighted by molar-refractivity contribution is 5.97. The number of nitrogens with zero attached hydrogens (tertiary/aromatic N) is 1. The van der Waals surface area contributed by atoms with E-state index in [-0.39, 0.29) is 24.6 Å². The summed E-state index contributed by atoms with van der Waals surface area (Å²) in [7, 11) is 1.72. The number of rotatable bonds is 4. The molecule has 1 aromatic rings. The molecule has 2 atom stereocenters. The topological polar surface area (TPSA) is 57.5 Å². The zero-order valence-electron chi connectivity index (χ0n) is 11.5. The Balaban J connectivity index is 1.94. The Labute approximate surface area is 112 Å². The molecular formula is C14H19NO4. The van der Waals surface area contributed by atoms with Crippen molar-refractivity contribution in [2.75, 3.05) is 6.61 Å². The molecule has 0 saturated carbocycles. The third-order valence-electron chi connectivity index (χ3n) is 3.34. The number of aryl methyl sites for hydroxylation is 1. The highest BCUT2D eigenvalue weighted by Gasteiger charge is 2.24. The van der Waals surface area contributed by atoms with Crippen molar-refractivity contribution in [3.63, 3.8) is 0 Å². The van der Waals surface area contributed by atoms with Gasteiger partial charge in [-0.1, -0.05) is 0 Å². The maximum absolute atomic E-state index is 11.9. The number of Topliss-reactive ketones (excluding diaryl/α,β-unsaturated/α-hetero) is 1. The smallest absolute Gasteiger partial charge is 0.355 e. The van der Waals surface area contributed by atoms with Crippen molar-refractivity contribution in [1.82, 2.24) is 4.57 Å². The summed E-state index contributed by atoms with van der Waals surface area (Å²) in [5.41, 5.74) is 0.899. The summed E-state index contributed by atoms with van der Waals surface area (Å²) in [4.78, 5) is 23.2. The maximum atomic E-state index is 11.9. The lowest BCUT2D eigenvalue weighted by Gasteiger charge is -2.11. The molecule has 5 nitrogen and oxygen atoms in total. The molecule has 2 heterocycles. The molecule has 104 valence electrons. The predicted octanol–water partition coefficient (Wildman–Crippen LogP) is 1.95. The number of carbonyl (C=O) groups is 2. The lowest BCUT2D eigenvalue weighted by molar-refractivity contribution is -0.00319. The van der Waals surface area contributed by atoms with Gasteiger partial charge in [-0.2, -0.15) is 0 Å². The van der Waals surface area contributed by atoms with Crippen LogP contribution in [0.5, 0.6) is 0 Å². The van der Waals surface area contributed by atoms with Crippen LogP contribution in [-0.4, -0.2) is 35.1 Å². The summed E-state index contributed by atoms with van der Waals surface area (Å²) in [6.45, 7) is 3.75. The second-order valence-corrected chi connectivity index (χ2v) is 5.03. The zero-order chi connectivity index (χ0) is 14.0. The van der Waals surface area contributed by atoms with Crippen LogP contribution in [0.15, 0.2) is 12.3 Å². The van der Waals surface area contributed by atoms with E-state index in [1.807, 2.05) is 6.92 Å². The van der Waals surface area contributed by atoms with Crippen LogP contribution in [0.2, 0.25) is 0 Å². The van der Waals surface area contributed by atoms with E-state index in [9.17, 15) is 9.59 Å². The van der Waals surface area contributed by atoms with E-state index in [4.69, 9.17) is 9.47 Å². The van der Waals surface area contributed by atoms with Crippen molar-refractivity contribution in [3.05, 3.63) is 23.5 Å². The van der Waals surface area contributed by atoms with Crippen molar-refractivity contribution in [1.29, 1.82) is 0 Å². The van der Waals surface area contributed by atoms with Crippen LogP contribution in [0.1, 0.15) is 47.5 Å². The fourth-order valence-electron chi connectivity index (χ4n) is 2.21. The molecule has 1 aromatic heterocycles. The summed E-state index contributed by atoms with van der Waals surface area (Å²) >= 11 is 0. The molecule has 5 heteroatoms. The van der Waals surface area contributed by atoms with E-state index in [1.165, 1.54) is 6.92 Å². The molecule has 1 saturated heterocycles. The number of esters is 1. The molecule has 1 aliphatic rings. The van der Waals surface area contributed by atoms with E-state index in [2.05, 4.69) is 0 Å². The summed E-state index contributed by atoms with van der Waals surface area (Å²) in [6, 6.07) is 1.56. The summed E-state index contributed by atoms with van der Waals surface area (Å²) in [5, 5.41) is 0. The second-order valence-electron chi connectivity index (χ2n) is 5.03. The van der Waals surface area contributed by atoms with E-state index in [1.54, 1.807) is 23.9 Å². The van der Waals surface area contributed by atoms with Gasteiger partial charge >= 0.3 is 5.97 Å². The molecule has 0 aliphatic carbocycles.